The van der Waals surface area contributed by atoms with Gasteiger partial charge in [-0.2, -0.15) is 5.10 Å². The molecule has 2 aromatic heterocycles. The number of aromatic nitrogens is 3. The van der Waals surface area contributed by atoms with E-state index in [2.05, 4.69) is 15.0 Å². The average molecular weight is 442 g/mol. The van der Waals surface area contributed by atoms with Gasteiger partial charge in [0.2, 0.25) is 0 Å². The van der Waals surface area contributed by atoms with Gasteiger partial charge in [0.1, 0.15) is 0 Å². The molecule has 3 rings (SSSR count). The topological polar surface area (TPSA) is 54.3 Å². The summed E-state index contributed by atoms with van der Waals surface area (Å²) in [6, 6.07) is 7.56. The number of halogens is 2. The molecule has 6 nitrogen and oxygen atoms in total. The molecule has 0 spiro atoms. The van der Waals surface area contributed by atoms with Crippen molar-refractivity contribution in [3.8, 4) is 0 Å². The van der Waals surface area contributed by atoms with E-state index < -0.39 is 0 Å². The zero-order valence-corrected chi connectivity index (χ0v) is 18.8. The highest BCUT2D eigenvalue weighted by Crippen LogP contribution is 2.31. The van der Waals surface area contributed by atoms with Crippen LogP contribution in [0.1, 0.15) is 36.8 Å². The van der Waals surface area contributed by atoms with Gasteiger partial charge in [-0.25, -0.2) is 4.98 Å². The van der Waals surface area contributed by atoms with Crippen molar-refractivity contribution in [3.05, 3.63) is 41.2 Å². The van der Waals surface area contributed by atoms with Gasteiger partial charge in [0.25, 0.3) is 5.91 Å². The summed E-state index contributed by atoms with van der Waals surface area (Å²) in [7, 11) is 4.05. The Labute approximate surface area is 180 Å². The molecule has 2 heterocycles. The van der Waals surface area contributed by atoms with Crippen LogP contribution in [0, 0.1) is 0 Å². The summed E-state index contributed by atoms with van der Waals surface area (Å²) < 4.78 is 2.76. The molecule has 28 heavy (non-hydrogen) atoms. The molecule has 0 aliphatic rings. The van der Waals surface area contributed by atoms with Crippen molar-refractivity contribution < 1.29 is 4.79 Å². The maximum atomic E-state index is 13.2. The maximum absolute atomic E-state index is 13.2. The minimum Gasteiger partial charge on any atom is -0.309 e. The number of carbonyl (C=O) groups excluding carboxylic acids is 1. The third-order valence-corrected chi connectivity index (χ3v) is 5.44. The predicted molar refractivity (Wildman–Crippen MR) is 119 cm³/mol. The summed E-state index contributed by atoms with van der Waals surface area (Å²) in [4.78, 5) is 21.7. The van der Waals surface area contributed by atoms with Gasteiger partial charge in [0.05, 0.1) is 10.2 Å². The Bertz CT molecular complexity index is 937. The van der Waals surface area contributed by atoms with E-state index in [4.69, 9.17) is 11.6 Å². The number of hydrogen-bond donors (Lipinski definition) is 0. The Kier molecular flexibility index (Phi) is 7.83. The molecule has 0 saturated carbocycles. The van der Waals surface area contributed by atoms with E-state index in [0.717, 1.165) is 23.2 Å². The molecule has 0 aliphatic heterocycles. The summed E-state index contributed by atoms with van der Waals surface area (Å²) in [6.07, 6.45) is 2.69. The van der Waals surface area contributed by atoms with Crippen LogP contribution >= 0.6 is 35.3 Å². The fraction of sp³-hybridized carbons (Fsp3) is 0.421. The van der Waals surface area contributed by atoms with Gasteiger partial charge in [-0.15, -0.1) is 12.4 Å². The van der Waals surface area contributed by atoms with E-state index in [1.807, 2.05) is 52.3 Å². The van der Waals surface area contributed by atoms with Crippen molar-refractivity contribution in [2.75, 3.05) is 32.1 Å². The summed E-state index contributed by atoms with van der Waals surface area (Å²) in [6.45, 7) is 5.54. The molecule has 0 unspecified atom stereocenters. The van der Waals surface area contributed by atoms with Crippen LogP contribution in [-0.4, -0.2) is 52.8 Å². The number of amides is 1. The Morgan fingerprint density at radius 2 is 2.00 bits per heavy atom. The second-order valence-corrected chi connectivity index (χ2v) is 8.44. The lowest BCUT2D eigenvalue weighted by Gasteiger charge is -2.20. The largest absolute Gasteiger partial charge is 0.309 e. The maximum Gasteiger partial charge on any atom is 0.280 e. The second kappa shape index (κ2) is 9.69. The van der Waals surface area contributed by atoms with Crippen LogP contribution in [0.3, 0.4) is 0 Å². The summed E-state index contributed by atoms with van der Waals surface area (Å²) in [5.41, 5.74) is 1.28. The van der Waals surface area contributed by atoms with Crippen LogP contribution in [0.25, 0.3) is 10.2 Å². The van der Waals surface area contributed by atoms with Crippen LogP contribution in [-0.2, 0) is 0 Å². The van der Waals surface area contributed by atoms with Crippen molar-refractivity contribution >= 4 is 56.6 Å². The fourth-order valence-corrected chi connectivity index (χ4v) is 3.97. The van der Waals surface area contributed by atoms with Crippen molar-refractivity contribution in [3.63, 3.8) is 0 Å². The van der Waals surface area contributed by atoms with Crippen LogP contribution in [0.4, 0.5) is 5.13 Å². The van der Waals surface area contributed by atoms with E-state index in [9.17, 15) is 4.79 Å². The second-order valence-electron chi connectivity index (χ2n) is 7.00. The molecule has 9 heteroatoms. The van der Waals surface area contributed by atoms with Gasteiger partial charge >= 0.3 is 0 Å². The number of fused-ring (bicyclic) bond motifs is 1. The number of hydrogen-bond acceptors (Lipinski definition) is 5. The van der Waals surface area contributed by atoms with Crippen LogP contribution in [0.5, 0.6) is 0 Å². The van der Waals surface area contributed by atoms with Crippen LogP contribution in [0.15, 0.2) is 30.5 Å². The molecule has 3 aromatic rings. The first-order valence-electron chi connectivity index (χ1n) is 8.93. The van der Waals surface area contributed by atoms with Gasteiger partial charge in [0, 0.05) is 23.8 Å². The first kappa shape index (κ1) is 22.6. The van der Waals surface area contributed by atoms with Gasteiger partial charge in [0.15, 0.2) is 10.8 Å². The molecule has 0 fully saturated rings. The minimum atomic E-state index is -0.127. The smallest absolute Gasteiger partial charge is 0.280 e. The van der Waals surface area contributed by atoms with Crippen molar-refractivity contribution in [2.45, 2.75) is 26.3 Å². The number of carbonyl (C=O) groups is 1. The van der Waals surface area contributed by atoms with Gasteiger partial charge < -0.3 is 4.90 Å². The molecule has 0 aliphatic carbocycles. The summed E-state index contributed by atoms with van der Waals surface area (Å²) in [5, 5.41) is 5.78. The number of thiazole rings is 1. The lowest BCUT2D eigenvalue weighted by atomic mass is 10.3. The number of nitrogens with zero attached hydrogens (tertiary/aromatic N) is 5. The predicted octanol–water partition coefficient (Wildman–Crippen LogP) is 4.75. The van der Waals surface area contributed by atoms with Crippen molar-refractivity contribution in [1.29, 1.82) is 0 Å². The van der Waals surface area contributed by atoms with Gasteiger partial charge in [-0.1, -0.05) is 22.9 Å². The Morgan fingerprint density at radius 1 is 1.25 bits per heavy atom. The SMILES string of the molecule is CC(C)n1ccc(C(=O)N(CCCN(C)C)c2nc3ccc(Cl)cc3s2)n1.Cl. The molecule has 0 N–H and O–H groups in total. The third kappa shape index (κ3) is 5.23. The highest BCUT2D eigenvalue weighted by Gasteiger charge is 2.23. The van der Waals surface area contributed by atoms with Gasteiger partial charge in [-0.3, -0.25) is 14.4 Å². The lowest BCUT2D eigenvalue weighted by molar-refractivity contribution is 0.0980. The highest BCUT2D eigenvalue weighted by molar-refractivity contribution is 7.22. The average Bonchev–Trinajstić information content (AvgIpc) is 3.24. The Balaban J connectivity index is 0.00000280. The van der Waals surface area contributed by atoms with Crippen LogP contribution < -0.4 is 4.90 Å². The first-order chi connectivity index (χ1) is 12.8. The monoisotopic (exact) mass is 441 g/mol. The van der Waals surface area contributed by atoms with E-state index >= 15 is 0 Å². The molecule has 0 radical (unpaired) electrons. The molecule has 1 amide bonds. The normalized spacial score (nSPS) is 11.2. The zero-order valence-electron chi connectivity index (χ0n) is 16.4. The summed E-state index contributed by atoms with van der Waals surface area (Å²) in [5.74, 6) is -0.127. The van der Waals surface area contributed by atoms with Crippen molar-refractivity contribution in [1.82, 2.24) is 19.7 Å². The first-order valence-corrected chi connectivity index (χ1v) is 10.1. The quantitative estimate of drug-likeness (QED) is 0.530. The lowest BCUT2D eigenvalue weighted by Crippen LogP contribution is -2.33. The molecular formula is C19H25Cl2N5OS. The van der Waals surface area contributed by atoms with Gasteiger partial charge in [-0.05, 0) is 65.2 Å². The number of anilines is 1. The minimum absolute atomic E-state index is 0. The third-order valence-electron chi connectivity index (χ3n) is 4.16. The molecule has 0 saturated heterocycles. The van der Waals surface area contributed by atoms with Crippen LogP contribution in [0.2, 0.25) is 5.02 Å². The number of benzene rings is 1. The highest BCUT2D eigenvalue weighted by atomic mass is 35.5. The Morgan fingerprint density at radius 3 is 2.64 bits per heavy atom. The van der Waals surface area contributed by atoms with E-state index in [1.165, 1.54) is 11.3 Å². The standard InChI is InChI=1S/C19H24ClN5OS.ClH/c1-13(2)25-11-8-16(22-25)18(26)24(10-5-9-23(3)4)19-21-15-7-6-14(20)12-17(15)27-19;/h6-8,11-13H,5,9-10H2,1-4H3;1H. The van der Waals surface area contributed by atoms with E-state index in [0.29, 0.717) is 22.4 Å². The molecule has 1 aromatic carbocycles. The zero-order chi connectivity index (χ0) is 19.6. The van der Waals surface area contributed by atoms with E-state index in [-0.39, 0.29) is 24.4 Å². The summed E-state index contributed by atoms with van der Waals surface area (Å²) >= 11 is 7.57. The molecular weight excluding hydrogens is 417 g/mol. The molecule has 0 atom stereocenters. The molecule has 0 bridgehead atoms. The Hall–Kier alpha value is -1.67. The van der Waals surface area contributed by atoms with E-state index in [1.54, 1.807) is 15.6 Å². The fourth-order valence-electron chi connectivity index (χ4n) is 2.71. The van der Waals surface area contributed by atoms with Crippen molar-refractivity contribution in [2.24, 2.45) is 0 Å². The number of rotatable bonds is 7. The molecule has 152 valence electrons.